The van der Waals surface area contributed by atoms with Crippen LogP contribution < -0.4 is 26.4 Å². The minimum absolute atomic E-state index is 0.00554. The van der Waals surface area contributed by atoms with Crippen molar-refractivity contribution in [2.24, 2.45) is 11.7 Å². The molecule has 4 rings (SSSR count). The number of amides is 1. The normalized spacial score (nSPS) is 20.0. The number of nitrogens with one attached hydrogen (secondary N) is 1. The van der Waals surface area contributed by atoms with Crippen molar-refractivity contribution in [2.75, 3.05) is 29.0 Å². The lowest BCUT2D eigenvalue weighted by atomic mass is 9.92. The van der Waals surface area contributed by atoms with Crippen LogP contribution in [0, 0.1) is 17.6 Å². The number of aliphatic hydroxyl groups is 1. The van der Waals surface area contributed by atoms with Crippen molar-refractivity contribution in [3.05, 3.63) is 47.9 Å². The number of hydrogen-bond donors (Lipinski definition) is 4. The number of piperidine rings is 1. The number of nitrogens with two attached hydrogens (primary N) is 2. The van der Waals surface area contributed by atoms with E-state index in [2.05, 4.69) is 15.3 Å². The summed E-state index contributed by atoms with van der Waals surface area (Å²) in [6, 6.07) is 3.41. The van der Waals surface area contributed by atoms with Gasteiger partial charge in [0.25, 0.3) is 5.91 Å². The van der Waals surface area contributed by atoms with Crippen LogP contribution in [-0.4, -0.2) is 52.3 Å². The van der Waals surface area contributed by atoms with Crippen molar-refractivity contribution < 1.29 is 23.4 Å². The molecule has 0 saturated carbocycles. The van der Waals surface area contributed by atoms with Crippen molar-refractivity contribution in [3.63, 3.8) is 0 Å². The maximum Gasteiger partial charge on any atom is 0.277 e. The van der Waals surface area contributed by atoms with Crippen LogP contribution in [0.15, 0.2) is 30.6 Å². The molecule has 1 aromatic carbocycles. The molecule has 0 aliphatic carbocycles. The maximum absolute atomic E-state index is 14.7. The van der Waals surface area contributed by atoms with Gasteiger partial charge in [0.2, 0.25) is 0 Å². The van der Waals surface area contributed by atoms with Crippen LogP contribution in [0.25, 0.3) is 10.6 Å². The van der Waals surface area contributed by atoms with E-state index < -0.39 is 35.3 Å². The summed E-state index contributed by atoms with van der Waals surface area (Å²) in [7, 11) is 0. The van der Waals surface area contributed by atoms with E-state index in [1.54, 1.807) is 26.1 Å². The fraction of sp³-hybridized carbons (Fsp3) is 0.375. The number of rotatable bonds is 6. The third-order valence-electron chi connectivity index (χ3n) is 5.82. The zero-order valence-electron chi connectivity index (χ0n) is 20.0. The first-order valence-corrected chi connectivity index (χ1v) is 12.2. The summed E-state index contributed by atoms with van der Waals surface area (Å²) in [5.74, 6) is -2.43. The predicted octanol–water partition coefficient (Wildman–Crippen LogP) is 3.25. The lowest BCUT2D eigenvalue weighted by Crippen LogP contribution is -2.55. The zero-order chi connectivity index (χ0) is 26.1. The molecule has 0 radical (unpaired) electrons. The topological polar surface area (TPSA) is 140 Å². The number of carbonyl (C=O) groups excluding carboxylic acids is 1. The quantitative estimate of drug-likeness (QED) is 0.390. The molecule has 12 heteroatoms. The second-order valence-electron chi connectivity index (χ2n) is 9.04. The van der Waals surface area contributed by atoms with Gasteiger partial charge in [-0.1, -0.05) is 18.3 Å². The second-order valence-corrected chi connectivity index (χ2v) is 10.1. The minimum Gasteiger partial charge on any atom is -0.491 e. The fourth-order valence-electron chi connectivity index (χ4n) is 4.15. The SMILES string of the molecule is CC(C)Oc1cc(F)c(-c2nc(C(=O)Nc3cnccc3N3CC(C)C(O)C(N)C3)c(N)s2)c(F)c1. The third kappa shape index (κ3) is 5.25. The zero-order valence-corrected chi connectivity index (χ0v) is 20.9. The molecule has 0 bridgehead atoms. The van der Waals surface area contributed by atoms with E-state index in [1.165, 1.54) is 6.20 Å². The number of halogens is 2. The number of ether oxygens (including phenoxy) is 1. The van der Waals surface area contributed by atoms with E-state index in [0.717, 1.165) is 23.5 Å². The summed E-state index contributed by atoms with van der Waals surface area (Å²) >= 11 is 0.802. The fourth-order valence-corrected chi connectivity index (χ4v) is 5.03. The Morgan fingerprint density at radius 2 is 2.00 bits per heavy atom. The predicted molar refractivity (Wildman–Crippen MR) is 135 cm³/mol. The molecule has 1 aliphatic heterocycles. The standard InChI is InChI=1S/C24H28F2N6O3S/c1-11(2)35-13-6-14(25)19(15(26)7-13)24-31-20(22(28)36-24)23(34)30-17-8-29-5-4-18(17)32-9-12(3)21(33)16(27)10-32/h4-8,11-12,16,21,33H,9-10,27-28H2,1-3H3,(H,30,34). The molecule has 1 aliphatic rings. The van der Waals surface area contributed by atoms with Crippen LogP contribution in [0.1, 0.15) is 31.3 Å². The molecule has 3 atom stereocenters. The first-order chi connectivity index (χ1) is 17.0. The number of pyridine rings is 1. The lowest BCUT2D eigenvalue weighted by Gasteiger charge is -2.40. The molecule has 1 saturated heterocycles. The van der Waals surface area contributed by atoms with Gasteiger partial charge in [-0.05, 0) is 19.9 Å². The summed E-state index contributed by atoms with van der Waals surface area (Å²) in [6.07, 6.45) is 2.18. The molecule has 6 N–H and O–H groups in total. The molecule has 3 heterocycles. The summed E-state index contributed by atoms with van der Waals surface area (Å²) in [5, 5.41) is 12.9. The molecule has 9 nitrogen and oxygen atoms in total. The third-order valence-corrected chi connectivity index (χ3v) is 6.72. The first-order valence-electron chi connectivity index (χ1n) is 11.4. The highest BCUT2D eigenvalue weighted by molar-refractivity contribution is 7.19. The van der Waals surface area contributed by atoms with Gasteiger partial charge in [-0.25, -0.2) is 13.8 Å². The van der Waals surface area contributed by atoms with Gasteiger partial charge in [-0.3, -0.25) is 9.78 Å². The molecule has 36 heavy (non-hydrogen) atoms. The first kappa shape index (κ1) is 25.7. The molecule has 1 amide bonds. The molecule has 2 aromatic heterocycles. The molecule has 3 aromatic rings. The van der Waals surface area contributed by atoms with Crippen LogP contribution in [-0.2, 0) is 0 Å². The summed E-state index contributed by atoms with van der Waals surface area (Å²) in [5.41, 5.74) is 12.6. The number of anilines is 3. The van der Waals surface area contributed by atoms with Gasteiger partial charge in [0.15, 0.2) is 5.69 Å². The van der Waals surface area contributed by atoms with Crippen molar-refractivity contribution in [1.29, 1.82) is 0 Å². The average Bonchev–Trinajstić information content (AvgIpc) is 3.17. The Balaban J connectivity index is 1.59. The maximum atomic E-state index is 14.7. The molecule has 0 spiro atoms. The molecular formula is C24H28F2N6O3S. The van der Waals surface area contributed by atoms with Crippen LogP contribution in [0.4, 0.5) is 25.2 Å². The summed E-state index contributed by atoms with van der Waals surface area (Å²) in [6.45, 7) is 6.30. The van der Waals surface area contributed by atoms with Crippen LogP contribution in [0.3, 0.4) is 0 Å². The Hall–Kier alpha value is -3.35. The number of hydrogen-bond acceptors (Lipinski definition) is 9. The number of aliphatic hydroxyl groups excluding tert-OH is 1. The summed E-state index contributed by atoms with van der Waals surface area (Å²) < 4.78 is 34.9. The Morgan fingerprint density at radius 3 is 2.64 bits per heavy atom. The number of aromatic nitrogens is 2. The van der Waals surface area contributed by atoms with Gasteiger partial charge in [0.1, 0.15) is 27.4 Å². The lowest BCUT2D eigenvalue weighted by molar-refractivity contribution is 0.0785. The van der Waals surface area contributed by atoms with E-state index in [0.29, 0.717) is 24.5 Å². The van der Waals surface area contributed by atoms with Gasteiger partial charge in [0, 0.05) is 43.4 Å². The largest absolute Gasteiger partial charge is 0.491 e. The van der Waals surface area contributed by atoms with Gasteiger partial charge in [-0.2, -0.15) is 0 Å². The van der Waals surface area contributed by atoms with E-state index in [4.69, 9.17) is 16.2 Å². The van der Waals surface area contributed by atoms with Gasteiger partial charge >= 0.3 is 0 Å². The van der Waals surface area contributed by atoms with Crippen molar-refractivity contribution in [1.82, 2.24) is 9.97 Å². The number of nitrogens with zero attached hydrogens (tertiary/aromatic N) is 3. The van der Waals surface area contributed by atoms with Gasteiger partial charge in [-0.15, -0.1) is 0 Å². The highest BCUT2D eigenvalue weighted by Crippen LogP contribution is 2.36. The Bertz CT molecular complexity index is 1240. The summed E-state index contributed by atoms with van der Waals surface area (Å²) in [4.78, 5) is 23.3. The Labute approximate surface area is 211 Å². The number of thiazole rings is 1. The van der Waals surface area contributed by atoms with Crippen LogP contribution in [0.5, 0.6) is 5.75 Å². The average molecular weight is 519 g/mol. The van der Waals surface area contributed by atoms with Crippen LogP contribution in [0.2, 0.25) is 0 Å². The smallest absolute Gasteiger partial charge is 0.277 e. The Morgan fingerprint density at radius 1 is 1.31 bits per heavy atom. The van der Waals surface area contributed by atoms with E-state index >= 15 is 0 Å². The van der Waals surface area contributed by atoms with Crippen LogP contribution >= 0.6 is 11.3 Å². The molecule has 1 fully saturated rings. The van der Waals surface area contributed by atoms with E-state index in [-0.39, 0.29) is 33.5 Å². The molecule has 3 unspecified atom stereocenters. The second kappa shape index (κ2) is 10.3. The molecular weight excluding hydrogens is 490 g/mol. The highest BCUT2D eigenvalue weighted by atomic mass is 32.1. The highest BCUT2D eigenvalue weighted by Gasteiger charge is 2.32. The minimum atomic E-state index is -0.876. The van der Waals surface area contributed by atoms with Crippen molar-refractivity contribution in [3.8, 4) is 16.3 Å². The number of nitrogen functional groups attached to an aromatic ring is 1. The van der Waals surface area contributed by atoms with Crippen molar-refractivity contribution >= 4 is 33.6 Å². The van der Waals surface area contributed by atoms with Gasteiger partial charge < -0.3 is 31.5 Å². The Kier molecular flexibility index (Phi) is 7.38. The van der Waals surface area contributed by atoms with Gasteiger partial charge in [0.05, 0.1) is 35.3 Å². The molecule has 192 valence electrons. The number of carbonyl (C=O) groups is 1. The van der Waals surface area contributed by atoms with E-state index in [9.17, 15) is 18.7 Å². The van der Waals surface area contributed by atoms with E-state index in [1.807, 2.05) is 11.8 Å². The van der Waals surface area contributed by atoms with Crippen molar-refractivity contribution in [2.45, 2.75) is 39.0 Å². The monoisotopic (exact) mass is 518 g/mol. The number of benzene rings is 1.